The van der Waals surface area contributed by atoms with Gasteiger partial charge in [0.2, 0.25) is 0 Å². The summed E-state index contributed by atoms with van der Waals surface area (Å²) >= 11 is 0. The van der Waals surface area contributed by atoms with Gasteiger partial charge in [-0.3, -0.25) is 0 Å². The fourth-order valence-electron chi connectivity index (χ4n) is 16.1. The van der Waals surface area contributed by atoms with Gasteiger partial charge in [-0.1, -0.05) is 77.8 Å². The van der Waals surface area contributed by atoms with Crippen molar-refractivity contribution in [1.82, 2.24) is 29.4 Å². The van der Waals surface area contributed by atoms with Crippen LogP contribution in [0.5, 0.6) is 34.5 Å². The molecule has 0 amide bonds. The molecular formula is C114H162N6O6. The number of likely N-dealkylation sites (tertiary alicyclic amines) is 6. The molecule has 6 unspecified atom stereocenters. The van der Waals surface area contributed by atoms with E-state index in [2.05, 4.69) is 0 Å². The van der Waals surface area contributed by atoms with Crippen LogP contribution in [0.2, 0.25) is 0 Å². The van der Waals surface area contributed by atoms with Crippen molar-refractivity contribution in [3.63, 3.8) is 0 Å². The van der Waals surface area contributed by atoms with Crippen LogP contribution in [-0.2, 0) is 70.8 Å². The molecule has 684 valence electrons. The lowest BCUT2D eigenvalue weighted by molar-refractivity contribution is -0.0112. The number of ether oxygens (including phenoxy) is 6. The van der Waals surface area contributed by atoms with Crippen LogP contribution in [0.15, 0.2) is 109 Å². The number of rotatable bonds is 6. The van der Waals surface area contributed by atoms with Crippen molar-refractivity contribution in [3.05, 3.63) is 176 Å². The number of nitrogens with zero attached hydrogens (tertiary/aromatic N) is 6. The van der Waals surface area contributed by atoms with E-state index in [0.717, 1.165) is 42.7 Å². The van der Waals surface area contributed by atoms with Crippen LogP contribution in [-0.4, -0.2) is 189 Å². The molecular weight excluding hydrogens is 1550 g/mol. The smallest absolute Gasteiger partial charge is 0.119 e. The Morgan fingerprint density at radius 3 is 0.667 bits per heavy atom. The highest BCUT2D eigenvalue weighted by molar-refractivity contribution is 5.52. The van der Waals surface area contributed by atoms with Crippen LogP contribution in [0.4, 0.5) is 0 Å². The molecule has 18 aliphatic rings. The number of likely N-dealkylation sites (N-methyl/N-ethyl adjacent to an activating group) is 6. The summed E-state index contributed by atoms with van der Waals surface area (Å²) in [6.45, 7) is -35.9. The molecule has 0 radical (unpaired) electrons. The third kappa shape index (κ3) is 15.4. The van der Waals surface area contributed by atoms with Gasteiger partial charge in [0.15, 0.2) is 0 Å². The first-order valence-corrected chi connectivity index (χ1v) is 38.6. The van der Waals surface area contributed by atoms with Crippen molar-refractivity contribution in [1.29, 1.82) is 0 Å². The van der Waals surface area contributed by atoms with E-state index < -0.39 is 617 Å². The van der Waals surface area contributed by atoms with Crippen LogP contribution in [0, 0.1) is 70.7 Å². The van der Waals surface area contributed by atoms with E-state index in [4.69, 9.17) is 171 Å². The van der Waals surface area contributed by atoms with E-state index in [1.54, 1.807) is 0 Å². The number of fused-ring (bicyclic) bond motifs is 6. The lowest BCUT2D eigenvalue weighted by Gasteiger charge is -2.59. The third-order valence-corrected chi connectivity index (χ3v) is 22.2. The maximum absolute atomic E-state index is 9.69. The zero-order chi connectivity index (χ0) is 191. The van der Waals surface area contributed by atoms with Gasteiger partial charge in [-0.2, -0.15) is 0 Å². The Hall–Kier alpha value is -6.12. The summed E-state index contributed by atoms with van der Waals surface area (Å²) in [5, 5.41) is 0. The summed E-state index contributed by atoms with van der Waals surface area (Å²) < 4.78 is 1060. The Bertz CT molecular complexity index is 10500. The lowest BCUT2D eigenvalue weighted by Crippen LogP contribution is -2.60. The summed E-state index contributed by atoms with van der Waals surface area (Å²) in [6, 6.07) is -42.4. The lowest BCUT2D eigenvalue weighted by atomic mass is 9.51. The zero-order valence-corrected chi connectivity index (χ0v) is 69.5. The quantitative estimate of drug-likeness (QED) is 0.159. The predicted molar refractivity (Wildman–Crippen MR) is 515 cm³/mol. The van der Waals surface area contributed by atoms with Crippen LogP contribution < -0.4 is 28.4 Å². The van der Waals surface area contributed by atoms with Gasteiger partial charge in [-0.15, -0.1) is 0 Å². The van der Waals surface area contributed by atoms with Crippen LogP contribution in [0.3, 0.4) is 0 Å². The Morgan fingerprint density at radius 2 is 0.452 bits per heavy atom. The summed E-state index contributed by atoms with van der Waals surface area (Å²) in [7, 11) is 6.92. The Labute approximate surface area is 924 Å². The van der Waals surface area contributed by atoms with Crippen LogP contribution >= 0.6 is 0 Å². The molecule has 24 atom stereocenters. The monoisotopic (exact) mass is 1830 g/mol. The second kappa shape index (κ2) is 35.4. The fraction of sp³-hybridized carbons (Fsp3) is 0.684. The number of hydrogen-bond acceptors (Lipinski definition) is 12. The number of piperidine rings is 6. The van der Waals surface area contributed by atoms with Gasteiger partial charge in [0, 0.05) is 203 Å². The van der Waals surface area contributed by atoms with Gasteiger partial charge >= 0.3 is 0 Å². The first kappa shape index (κ1) is 26.3. The first-order chi connectivity index (χ1) is 106. The van der Waals surface area contributed by atoms with E-state index in [-0.39, 0.29) is 19.6 Å². The summed E-state index contributed by atoms with van der Waals surface area (Å²) in [6.07, 6.45) is -113. The second-order valence-electron chi connectivity index (χ2n) is 29.9. The molecule has 12 bridgehead atoms. The van der Waals surface area contributed by atoms with E-state index >= 15 is 0 Å². The normalized spacial score (nSPS) is 76.5. The van der Waals surface area contributed by atoms with E-state index in [9.17, 15) is 16.4 Å². The van der Waals surface area contributed by atoms with Crippen molar-refractivity contribution < 1.29 is 187 Å². The molecule has 6 aliphatic heterocycles. The molecule has 12 heteroatoms. The van der Waals surface area contributed by atoms with E-state index in [1.807, 2.05) is 0 Å². The standard InChI is InChI=1S/6C19H27NO/c6*1-13-6-7-19-8-9-20(2)18(17(19)10-13)11-14-4-5-15(21-3)12-16(14)19/h6*4-5,12-13,17-18H,6-11H2,1-3H3/t6*13?,17-,18+,19-/m111111/s1/i2*2D3,4D,5D,6D2,7D2,8D2,9D2,10D2,11D2,12D,13D,17D,18D;2*4D,5D,6D2,7D2,8D2,9D2,10D2,11D2,12D,13D,17D,18D;2*2D3,4D,5D,6D2,7D2,8D2,9D2,10D2,12D,13D,17D,18D. The molecule has 0 spiro atoms. The van der Waals surface area contributed by atoms with Crippen LogP contribution in [0.1, 0.15) is 420 Å². The van der Waals surface area contributed by atoms with Crippen molar-refractivity contribution in [2.75, 3.05) is 124 Å². The van der Waals surface area contributed by atoms with E-state index in [1.165, 1.54) is 0 Å². The molecule has 24 rings (SSSR count). The maximum Gasteiger partial charge on any atom is 0.119 e. The molecule has 0 aromatic heterocycles. The number of methoxy groups -OCH3 is 6. The predicted octanol–water partition coefficient (Wildman–Crippen LogP) is 21.8. The molecule has 0 N–H and O–H groups in total. The minimum absolute atomic E-state index is 0.0932. The molecule has 6 heterocycles. The van der Waals surface area contributed by atoms with E-state index in [0.29, 0.717) is 55.6 Å². The molecule has 12 fully saturated rings. The van der Waals surface area contributed by atoms with Crippen molar-refractivity contribution >= 4 is 0 Å². The van der Waals surface area contributed by atoms with Gasteiger partial charge in [-0.25, -0.2) is 0 Å². The Morgan fingerprint density at radius 1 is 0.270 bits per heavy atom. The fourth-order valence-corrected chi connectivity index (χ4v) is 16.1. The van der Waals surface area contributed by atoms with Gasteiger partial charge in [0.25, 0.3) is 0 Å². The molecule has 6 saturated carbocycles. The van der Waals surface area contributed by atoms with Crippen molar-refractivity contribution in [3.8, 4) is 34.5 Å². The van der Waals surface area contributed by atoms with Gasteiger partial charge in [0.05, 0.1) is 67.3 Å². The molecule has 6 aromatic carbocycles. The SMILES string of the molecule is [2H]c1c([2H])c(OC)c([2H])c2c1C[C@]1([2H])N(C([2H])([2H])[2H])C([2H])([2H])C([2H])([2H])[C@]23C([2H])([2H])C([2H])([2H])C([2H])(C)C([2H])([2H])[C@@]31[2H].[2H]c1c([2H])c(OC)c([2H])c2c1C[C@]1([2H])N(C([2H])([2H])[2H])C([2H])([2H])C([2H])([2H])[C@]23C([2H])([2H])C([2H])([2H])C([2H])(C)C([2H])([2H])[C@@]31[2H].[2H]c1c([2H])c2c(c([2H])c1OC)[C@@]13C([2H])([2H])C([2H])([2H])N(C([2H])([2H])[2H])[C@@]([2H])(C2([2H])[2H])[C@@]1([2H])C([2H])([2H])C([2H])(C)C([2H])([2H])C3([2H])[2H].[2H]c1c([2H])c2c(c([2H])c1OC)[C@@]13C([2H])([2H])C([2H])([2H])N(C([2H])([2H])[2H])[C@@]([2H])(C2([2H])[2H])[C@@]1([2H])C([2H])([2H])C([2H])(C)C([2H])([2H])C3([2H])[2H].[2H]c1c([2H])c2c(c([2H])c1OC)[C@@]13C([2H])([2H])C([2H])([2H])N(C)[C@@]([2H])(C2([2H])[2H])[C@@]1([2H])C([2H])([2H])C([2H])(C)C([2H])([2H])C3([2H])[2H].[2H]c1c([2H])c2c(c([2H])c1OC)[C@@]13C([2H])([2H])C([2H])([2H])N(C)[C@@]([2H])(C2([2H])[2H])[C@@]1([2H])C([2H])([2H])C([2H])(C)C([2H])([2H])C3([2H])[2H]. The van der Waals surface area contributed by atoms with Gasteiger partial charge < -0.3 is 57.8 Å². The number of hydrogen-bond donors (Lipinski definition) is 0. The second-order valence-corrected chi connectivity index (χ2v) is 29.9. The number of benzene rings is 6. The molecule has 6 aromatic rings. The van der Waals surface area contributed by atoms with Crippen molar-refractivity contribution in [2.45, 2.75) is 301 Å². The van der Waals surface area contributed by atoms with Gasteiger partial charge in [0.1, 0.15) is 34.5 Å². The average molecular weight is 1830 g/mol. The van der Waals surface area contributed by atoms with Crippen molar-refractivity contribution in [2.24, 2.45) is 70.7 Å². The minimum Gasteiger partial charge on any atom is -0.497 e. The summed E-state index contributed by atoms with van der Waals surface area (Å²) in [4.78, 5) is -2.00. The Kier molecular flexibility index (Phi) is 7.39. The molecule has 12 nitrogen and oxygen atoms in total. The zero-order valence-electron chi connectivity index (χ0n) is 186. The highest BCUT2D eigenvalue weighted by Crippen LogP contribution is 2.64. The topological polar surface area (TPSA) is 74.8 Å². The first-order valence-electron chi connectivity index (χ1n) is 96.6. The molecule has 12 aliphatic carbocycles. The summed E-state index contributed by atoms with van der Waals surface area (Å²) in [5.41, 5.74) is -38.1. The van der Waals surface area contributed by atoms with Gasteiger partial charge in [-0.05, 0) is 482 Å². The average Bonchev–Trinajstić information content (AvgIpc) is 0.589. The molecule has 6 saturated heterocycles. The maximum atomic E-state index is 9.69. The minimum atomic E-state index is -4.33. The largest absolute Gasteiger partial charge is 0.497 e. The third-order valence-electron chi connectivity index (χ3n) is 22.2. The van der Waals surface area contributed by atoms with Crippen LogP contribution in [0.25, 0.3) is 0 Å². The highest BCUT2D eigenvalue weighted by atomic mass is 16.5. The summed E-state index contributed by atoms with van der Waals surface area (Å²) in [5.74, 6) is -49.5. The Balaban J connectivity index is 0.000000168. The molecule has 126 heavy (non-hydrogen) atoms. The highest BCUT2D eigenvalue weighted by Gasteiger charge is 2.61.